The number of aryl methyl sites for hydroxylation is 1. The molecule has 0 saturated carbocycles. The van der Waals surface area contributed by atoms with Crippen molar-refractivity contribution in [3.63, 3.8) is 0 Å². The molecule has 1 N–H and O–H groups in total. The van der Waals surface area contributed by atoms with Gasteiger partial charge in [-0.2, -0.15) is 0 Å². The average Bonchev–Trinajstić information content (AvgIpc) is 2.75. The summed E-state index contributed by atoms with van der Waals surface area (Å²) in [5.74, 6) is 1.16. The maximum Gasteiger partial charge on any atom is 0.137 e. The minimum atomic E-state index is -0.241. The van der Waals surface area contributed by atoms with Crippen molar-refractivity contribution in [1.82, 2.24) is 5.32 Å². The van der Waals surface area contributed by atoms with Crippen LogP contribution in [0.2, 0.25) is 0 Å². The van der Waals surface area contributed by atoms with Crippen LogP contribution in [-0.4, -0.2) is 6.54 Å². The summed E-state index contributed by atoms with van der Waals surface area (Å²) in [6.07, 6.45) is 0. The molecule has 0 radical (unpaired) electrons. The van der Waals surface area contributed by atoms with Crippen LogP contribution in [-0.2, 0) is 6.54 Å². The molecule has 0 spiro atoms. The van der Waals surface area contributed by atoms with Crippen molar-refractivity contribution in [3.05, 3.63) is 47.5 Å². The van der Waals surface area contributed by atoms with Gasteiger partial charge in [-0.05, 0) is 43.3 Å². The van der Waals surface area contributed by atoms with Crippen molar-refractivity contribution < 1.29 is 8.81 Å². The summed E-state index contributed by atoms with van der Waals surface area (Å²) in [6.45, 7) is 5.45. The predicted octanol–water partition coefficient (Wildman–Crippen LogP) is 3.50. The molecular weight excluding hydrogens is 217 g/mol. The number of hydrogen-bond donors (Lipinski definition) is 1. The summed E-state index contributed by atoms with van der Waals surface area (Å²) in [7, 11) is 0. The van der Waals surface area contributed by atoms with Crippen LogP contribution < -0.4 is 5.32 Å². The second-order valence-corrected chi connectivity index (χ2v) is 4.03. The molecule has 2 nitrogen and oxygen atoms in total. The SMILES string of the molecule is CCNCc1ccc(-c2ccc(C)cc2F)o1. The van der Waals surface area contributed by atoms with Crippen molar-refractivity contribution in [2.75, 3.05) is 6.54 Å². The van der Waals surface area contributed by atoms with Gasteiger partial charge in [0, 0.05) is 0 Å². The summed E-state index contributed by atoms with van der Waals surface area (Å²) in [5, 5.41) is 3.17. The molecule has 0 saturated heterocycles. The molecule has 0 unspecified atom stereocenters. The Balaban J connectivity index is 2.24. The Morgan fingerprint density at radius 1 is 1.24 bits per heavy atom. The molecule has 0 aliphatic carbocycles. The first-order chi connectivity index (χ1) is 8.20. The third-order valence-corrected chi connectivity index (χ3v) is 2.60. The summed E-state index contributed by atoms with van der Waals surface area (Å²) in [4.78, 5) is 0. The number of hydrogen-bond acceptors (Lipinski definition) is 2. The highest BCUT2D eigenvalue weighted by Gasteiger charge is 2.09. The number of benzene rings is 1. The van der Waals surface area contributed by atoms with Gasteiger partial charge < -0.3 is 9.73 Å². The lowest BCUT2D eigenvalue weighted by Crippen LogP contribution is -2.10. The monoisotopic (exact) mass is 233 g/mol. The van der Waals surface area contributed by atoms with Crippen LogP contribution in [0, 0.1) is 12.7 Å². The molecule has 0 aliphatic heterocycles. The predicted molar refractivity (Wildman–Crippen MR) is 66.2 cm³/mol. The van der Waals surface area contributed by atoms with E-state index in [0.717, 1.165) is 17.9 Å². The van der Waals surface area contributed by atoms with Crippen LogP contribution >= 0.6 is 0 Å². The Hall–Kier alpha value is -1.61. The van der Waals surface area contributed by atoms with Gasteiger partial charge in [-0.3, -0.25) is 0 Å². The Labute approximate surface area is 100 Å². The zero-order valence-corrected chi connectivity index (χ0v) is 10.1. The van der Waals surface area contributed by atoms with E-state index in [4.69, 9.17) is 4.42 Å². The summed E-state index contributed by atoms with van der Waals surface area (Å²) >= 11 is 0. The smallest absolute Gasteiger partial charge is 0.137 e. The Kier molecular flexibility index (Phi) is 3.59. The van der Waals surface area contributed by atoms with Crippen LogP contribution in [0.25, 0.3) is 11.3 Å². The number of nitrogens with one attached hydrogen (secondary N) is 1. The Morgan fingerprint density at radius 2 is 2.06 bits per heavy atom. The highest BCUT2D eigenvalue weighted by atomic mass is 19.1. The molecule has 0 bridgehead atoms. The topological polar surface area (TPSA) is 25.2 Å². The first-order valence-corrected chi connectivity index (χ1v) is 5.76. The van der Waals surface area contributed by atoms with Gasteiger partial charge >= 0.3 is 0 Å². The average molecular weight is 233 g/mol. The van der Waals surface area contributed by atoms with Gasteiger partial charge in [0.15, 0.2) is 0 Å². The van der Waals surface area contributed by atoms with Crippen molar-refractivity contribution in [1.29, 1.82) is 0 Å². The minimum Gasteiger partial charge on any atom is -0.460 e. The molecule has 3 heteroatoms. The summed E-state index contributed by atoms with van der Waals surface area (Å²) in [5.41, 5.74) is 1.42. The molecule has 1 aromatic carbocycles. The van der Waals surface area contributed by atoms with Gasteiger partial charge in [-0.25, -0.2) is 4.39 Å². The zero-order chi connectivity index (χ0) is 12.3. The second-order valence-electron chi connectivity index (χ2n) is 4.03. The lowest BCUT2D eigenvalue weighted by Gasteiger charge is -2.01. The lowest BCUT2D eigenvalue weighted by molar-refractivity contribution is 0.495. The third-order valence-electron chi connectivity index (χ3n) is 2.60. The minimum absolute atomic E-state index is 0.241. The van der Waals surface area contributed by atoms with Gasteiger partial charge in [0.2, 0.25) is 0 Å². The fourth-order valence-corrected chi connectivity index (χ4v) is 1.69. The molecule has 2 rings (SSSR count). The van der Waals surface area contributed by atoms with Gasteiger partial charge in [0.25, 0.3) is 0 Å². The van der Waals surface area contributed by atoms with E-state index in [9.17, 15) is 4.39 Å². The molecule has 0 aliphatic rings. The molecule has 90 valence electrons. The van der Waals surface area contributed by atoms with Gasteiger partial charge in [0.05, 0.1) is 12.1 Å². The van der Waals surface area contributed by atoms with Crippen LogP contribution in [0.5, 0.6) is 0 Å². The summed E-state index contributed by atoms with van der Waals surface area (Å²) < 4.78 is 19.3. The standard InChI is InChI=1S/C14H16FNO/c1-3-16-9-11-5-7-14(17-11)12-6-4-10(2)8-13(12)15/h4-8,16H,3,9H2,1-2H3. The molecule has 2 aromatic rings. The van der Waals surface area contributed by atoms with E-state index < -0.39 is 0 Å². The van der Waals surface area contributed by atoms with E-state index in [1.54, 1.807) is 12.1 Å². The molecule has 0 amide bonds. The van der Waals surface area contributed by atoms with E-state index >= 15 is 0 Å². The highest BCUT2D eigenvalue weighted by molar-refractivity contribution is 5.58. The molecule has 1 heterocycles. The van der Waals surface area contributed by atoms with Crippen LogP contribution in [0.3, 0.4) is 0 Å². The van der Waals surface area contributed by atoms with Crippen molar-refractivity contribution >= 4 is 0 Å². The normalized spacial score (nSPS) is 10.8. The zero-order valence-electron chi connectivity index (χ0n) is 10.1. The van der Waals surface area contributed by atoms with Gasteiger partial charge in [-0.1, -0.05) is 13.0 Å². The fourth-order valence-electron chi connectivity index (χ4n) is 1.69. The molecule has 0 fully saturated rings. The molecule has 1 aromatic heterocycles. The quantitative estimate of drug-likeness (QED) is 0.874. The molecular formula is C14H16FNO. The van der Waals surface area contributed by atoms with Crippen LogP contribution in [0.1, 0.15) is 18.2 Å². The van der Waals surface area contributed by atoms with E-state index in [-0.39, 0.29) is 5.82 Å². The Bertz CT molecular complexity index is 505. The fraction of sp³-hybridized carbons (Fsp3) is 0.286. The van der Waals surface area contributed by atoms with Gasteiger partial charge in [-0.15, -0.1) is 0 Å². The van der Waals surface area contributed by atoms with Crippen LogP contribution in [0.15, 0.2) is 34.7 Å². The highest BCUT2D eigenvalue weighted by Crippen LogP contribution is 2.25. The first-order valence-electron chi connectivity index (χ1n) is 5.76. The largest absolute Gasteiger partial charge is 0.460 e. The molecule has 17 heavy (non-hydrogen) atoms. The number of furan rings is 1. The molecule has 0 atom stereocenters. The van der Waals surface area contributed by atoms with E-state index in [1.165, 1.54) is 6.07 Å². The maximum absolute atomic E-state index is 13.7. The van der Waals surface area contributed by atoms with Crippen LogP contribution in [0.4, 0.5) is 4.39 Å². The number of rotatable bonds is 4. The van der Waals surface area contributed by atoms with Crippen molar-refractivity contribution in [3.8, 4) is 11.3 Å². The van der Waals surface area contributed by atoms with E-state index in [1.807, 2.05) is 26.0 Å². The number of halogens is 1. The third kappa shape index (κ3) is 2.74. The van der Waals surface area contributed by atoms with E-state index in [2.05, 4.69) is 5.32 Å². The Morgan fingerprint density at radius 3 is 2.76 bits per heavy atom. The van der Waals surface area contributed by atoms with Crippen molar-refractivity contribution in [2.24, 2.45) is 0 Å². The second kappa shape index (κ2) is 5.15. The first kappa shape index (κ1) is 11.9. The van der Waals surface area contributed by atoms with Gasteiger partial charge in [0.1, 0.15) is 17.3 Å². The van der Waals surface area contributed by atoms with E-state index in [0.29, 0.717) is 17.9 Å². The summed E-state index contributed by atoms with van der Waals surface area (Å²) in [6, 6.07) is 8.82. The lowest BCUT2D eigenvalue weighted by atomic mass is 10.1. The van der Waals surface area contributed by atoms with Crippen molar-refractivity contribution in [2.45, 2.75) is 20.4 Å². The maximum atomic E-state index is 13.7.